The Morgan fingerprint density at radius 2 is 2.08 bits per heavy atom. The summed E-state index contributed by atoms with van der Waals surface area (Å²) in [5, 5.41) is 6.72. The molecule has 1 atom stereocenters. The summed E-state index contributed by atoms with van der Waals surface area (Å²) >= 11 is 5.81. The molecule has 0 saturated carbocycles. The molecule has 0 aromatic heterocycles. The molecule has 25 heavy (non-hydrogen) atoms. The summed E-state index contributed by atoms with van der Waals surface area (Å²) in [6, 6.07) is 5.08. The fourth-order valence-corrected chi connectivity index (χ4v) is 2.74. The first-order valence-electron chi connectivity index (χ1n) is 8.38. The van der Waals surface area contributed by atoms with E-state index in [0.29, 0.717) is 12.6 Å². The van der Waals surface area contributed by atoms with E-state index in [1.165, 1.54) is 6.07 Å². The van der Waals surface area contributed by atoms with E-state index in [4.69, 9.17) is 16.3 Å². The van der Waals surface area contributed by atoms with Gasteiger partial charge < -0.3 is 15.4 Å². The van der Waals surface area contributed by atoms with Crippen molar-refractivity contribution in [3.63, 3.8) is 0 Å². The maximum atomic E-state index is 13.2. The van der Waals surface area contributed by atoms with Gasteiger partial charge in [-0.3, -0.25) is 4.90 Å². The summed E-state index contributed by atoms with van der Waals surface area (Å²) in [5.41, 5.74) is 0.875. The lowest BCUT2D eigenvalue weighted by atomic mass is 10.2. The summed E-state index contributed by atoms with van der Waals surface area (Å²) in [6.07, 6.45) is 0. The fourth-order valence-electron chi connectivity index (χ4n) is 2.54. The van der Waals surface area contributed by atoms with E-state index < -0.39 is 5.82 Å². The van der Waals surface area contributed by atoms with Crippen molar-refractivity contribution >= 4 is 41.5 Å². The summed E-state index contributed by atoms with van der Waals surface area (Å²) < 4.78 is 18.6. The minimum absolute atomic E-state index is 0. The molecule has 2 rings (SSSR count). The third-order valence-electron chi connectivity index (χ3n) is 3.98. The van der Waals surface area contributed by atoms with Gasteiger partial charge in [0.15, 0.2) is 5.96 Å². The first kappa shape index (κ1) is 22.4. The number of hydrogen-bond donors (Lipinski definition) is 2. The van der Waals surface area contributed by atoms with Gasteiger partial charge in [0, 0.05) is 32.2 Å². The predicted octanol–water partition coefficient (Wildman–Crippen LogP) is 2.87. The molecule has 2 N–H and O–H groups in total. The first-order valence-corrected chi connectivity index (χ1v) is 8.76. The predicted molar refractivity (Wildman–Crippen MR) is 111 cm³/mol. The molecule has 0 aliphatic carbocycles. The number of nitrogens with zero attached hydrogens (tertiary/aromatic N) is 2. The van der Waals surface area contributed by atoms with Gasteiger partial charge in [0.05, 0.1) is 24.8 Å². The molecule has 1 aromatic rings. The van der Waals surface area contributed by atoms with E-state index in [9.17, 15) is 4.39 Å². The highest BCUT2D eigenvalue weighted by Gasteiger charge is 2.16. The van der Waals surface area contributed by atoms with Crippen LogP contribution in [0, 0.1) is 5.82 Å². The van der Waals surface area contributed by atoms with Crippen molar-refractivity contribution in [3.05, 3.63) is 34.6 Å². The SMILES string of the molecule is CCNC(=NCc1ccc(F)c(Cl)c1)NCC(C)N1CCOCC1.I. The highest BCUT2D eigenvalue weighted by Crippen LogP contribution is 2.16. The average Bonchev–Trinajstić information content (AvgIpc) is 2.60. The average molecular weight is 485 g/mol. The Kier molecular flexibility index (Phi) is 10.6. The molecule has 0 spiro atoms. The summed E-state index contributed by atoms with van der Waals surface area (Å²) in [6.45, 7) is 9.76. The van der Waals surface area contributed by atoms with E-state index in [0.717, 1.165) is 50.9 Å². The lowest BCUT2D eigenvalue weighted by Gasteiger charge is -2.32. The number of benzene rings is 1. The molecule has 5 nitrogen and oxygen atoms in total. The third kappa shape index (κ3) is 7.64. The number of halogens is 3. The zero-order valence-corrected chi connectivity index (χ0v) is 17.8. The molecule has 1 saturated heterocycles. The second-order valence-corrected chi connectivity index (χ2v) is 6.23. The van der Waals surface area contributed by atoms with Crippen LogP contribution in [0.1, 0.15) is 19.4 Å². The van der Waals surface area contributed by atoms with Crippen LogP contribution in [0.4, 0.5) is 4.39 Å². The van der Waals surface area contributed by atoms with Gasteiger partial charge in [-0.2, -0.15) is 0 Å². The van der Waals surface area contributed by atoms with Gasteiger partial charge in [-0.25, -0.2) is 9.38 Å². The zero-order valence-electron chi connectivity index (χ0n) is 14.7. The molecule has 8 heteroatoms. The van der Waals surface area contributed by atoms with Crippen LogP contribution in [0.3, 0.4) is 0 Å². The molecule has 1 heterocycles. The third-order valence-corrected chi connectivity index (χ3v) is 4.27. The molecule has 142 valence electrons. The lowest BCUT2D eigenvalue weighted by Crippen LogP contribution is -2.49. The molecule has 0 amide bonds. The number of rotatable bonds is 6. The minimum Gasteiger partial charge on any atom is -0.379 e. The molecule has 1 unspecified atom stereocenters. The zero-order chi connectivity index (χ0) is 17.4. The number of guanidine groups is 1. The Labute approximate surface area is 171 Å². The van der Waals surface area contributed by atoms with Crippen LogP contribution in [0.15, 0.2) is 23.2 Å². The standard InChI is InChI=1S/C17H26ClFN4O.HI/c1-3-20-17(21-11-13(2)23-6-8-24-9-7-23)22-12-14-4-5-16(19)15(18)10-14;/h4-5,10,13H,3,6-9,11-12H2,1-2H3,(H2,20,21,22);1H. The van der Waals surface area contributed by atoms with Gasteiger partial charge in [-0.05, 0) is 31.5 Å². The van der Waals surface area contributed by atoms with Crippen LogP contribution in [0.2, 0.25) is 5.02 Å². The maximum absolute atomic E-state index is 13.2. The lowest BCUT2D eigenvalue weighted by molar-refractivity contribution is 0.0211. The topological polar surface area (TPSA) is 48.9 Å². The van der Waals surface area contributed by atoms with Gasteiger partial charge in [0.2, 0.25) is 0 Å². The van der Waals surface area contributed by atoms with Crippen LogP contribution in [0.5, 0.6) is 0 Å². The van der Waals surface area contributed by atoms with E-state index in [-0.39, 0.29) is 29.0 Å². The van der Waals surface area contributed by atoms with Gasteiger partial charge >= 0.3 is 0 Å². The van der Waals surface area contributed by atoms with Crippen molar-refractivity contribution in [2.75, 3.05) is 39.4 Å². The molecule has 1 aliphatic heterocycles. The Hall–Kier alpha value is -0.640. The Morgan fingerprint density at radius 1 is 1.36 bits per heavy atom. The Balaban J connectivity index is 0.00000312. The van der Waals surface area contributed by atoms with Crippen LogP contribution < -0.4 is 10.6 Å². The van der Waals surface area contributed by atoms with Crippen LogP contribution in [-0.4, -0.2) is 56.3 Å². The highest BCUT2D eigenvalue weighted by molar-refractivity contribution is 14.0. The summed E-state index contributed by atoms with van der Waals surface area (Å²) in [4.78, 5) is 6.94. The normalized spacial score (nSPS) is 16.9. The summed E-state index contributed by atoms with van der Waals surface area (Å²) in [7, 11) is 0. The van der Waals surface area contributed by atoms with Gasteiger partial charge in [-0.1, -0.05) is 17.7 Å². The molecular formula is C17H27ClFIN4O. The van der Waals surface area contributed by atoms with Crippen LogP contribution in [0.25, 0.3) is 0 Å². The molecule has 1 aromatic carbocycles. The number of aliphatic imine (C=N–C) groups is 1. The van der Waals surface area contributed by atoms with Crippen molar-refractivity contribution in [3.8, 4) is 0 Å². The van der Waals surface area contributed by atoms with E-state index in [2.05, 4.69) is 27.4 Å². The quantitative estimate of drug-likeness (QED) is 0.370. The maximum Gasteiger partial charge on any atom is 0.191 e. The Morgan fingerprint density at radius 3 is 2.72 bits per heavy atom. The van der Waals surface area contributed by atoms with Crippen molar-refractivity contribution in [2.45, 2.75) is 26.4 Å². The number of ether oxygens (including phenoxy) is 1. The largest absolute Gasteiger partial charge is 0.379 e. The van der Waals surface area contributed by atoms with Crippen molar-refractivity contribution < 1.29 is 9.13 Å². The number of nitrogens with one attached hydrogen (secondary N) is 2. The first-order chi connectivity index (χ1) is 11.6. The monoisotopic (exact) mass is 484 g/mol. The molecule has 1 fully saturated rings. The van der Waals surface area contributed by atoms with Crippen molar-refractivity contribution in [1.29, 1.82) is 0 Å². The molecular weight excluding hydrogens is 458 g/mol. The fraction of sp³-hybridized carbons (Fsp3) is 0.588. The second kappa shape index (κ2) is 11.9. The van der Waals surface area contributed by atoms with Crippen molar-refractivity contribution in [2.24, 2.45) is 4.99 Å². The smallest absolute Gasteiger partial charge is 0.191 e. The van der Waals surface area contributed by atoms with Gasteiger partial charge in [0.1, 0.15) is 5.82 Å². The van der Waals surface area contributed by atoms with Crippen LogP contribution >= 0.6 is 35.6 Å². The minimum atomic E-state index is -0.409. The van der Waals surface area contributed by atoms with E-state index in [1.54, 1.807) is 12.1 Å². The number of hydrogen-bond acceptors (Lipinski definition) is 3. The molecule has 0 bridgehead atoms. The molecule has 1 aliphatic rings. The van der Waals surface area contributed by atoms with Crippen molar-refractivity contribution in [1.82, 2.24) is 15.5 Å². The summed E-state index contributed by atoms with van der Waals surface area (Å²) in [5.74, 6) is 0.340. The van der Waals surface area contributed by atoms with E-state index >= 15 is 0 Å². The Bertz CT molecular complexity index is 555. The second-order valence-electron chi connectivity index (χ2n) is 5.82. The van der Waals surface area contributed by atoms with Gasteiger partial charge in [-0.15, -0.1) is 24.0 Å². The molecule has 0 radical (unpaired) electrons. The highest BCUT2D eigenvalue weighted by atomic mass is 127. The number of morpholine rings is 1. The van der Waals surface area contributed by atoms with E-state index in [1.807, 2.05) is 6.92 Å². The van der Waals surface area contributed by atoms with Gasteiger partial charge in [0.25, 0.3) is 0 Å². The van der Waals surface area contributed by atoms with Crippen LogP contribution in [-0.2, 0) is 11.3 Å².